The summed E-state index contributed by atoms with van der Waals surface area (Å²) in [4.78, 5) is 14.1. The van der Waals surface area contributed by atoms with Gasteiger partial charge < -0.3 is 10.3 Å². The zero-order valence-electron chi connectivity index (χ0n) is 8.09. The molecule has 2 rings (SSSR count). The fraction of sp³-hybridized carbons (Fsp3) is 0.182. The van der Waals surface area contributed by atoms with Crippen molar-refractivity contribution in [1.29, 1.82) is 0 Å². The van der Waals surface area contributed by atoms with Crippen LogP contribution in [0.1, 0.15) is 5.56 Å². The first kappa shape index (κ1) is 10.1. The fourth-order valence-corrected chi connectivity index (χ4v) is 1.64. The van der Waals surface area contributed by atoms with Crippen molar-refractivity contribution in [3.05, 3.63) is 36.0 Å². The lowest BCUT2D eigenvalue weighted by Crippen LogP contribution is -2.23. The van der Waals surface area contributed by atoms with Gasteiger partial charge in [-0.3, -0.25) is 4.79 Å². The molecule has 2 N–H and O–H groups in total. The Morgan fingerprint density at radius 1 is 1.40 bits per heavy atom. The maximum atomic E-state index is 11.0. The van der Waals surface area contributed by atoms with Crippen molar-refractivity contribution >= 4 is 28.4 Å². The van der Waals surface area contributed by atoms with Gasteiger partial charge in [0.05, 0.1) is 0 Å². The Morgan fingerprint density at radius 2 is 2.27 bits per heavy atom. The summed E-state index contributed by atoms with van der Waals surface area (Å²) in [5.41, 5.74) is 2.17. The highest BCUT2D eigenvalue weighted by atomic mass is 35.5. The van der Waals surface area contributed by atoms with Crippen LogP contribution in [0, 0.1) is 0 Å². The second-order valence-electron chi connectivity index (χ2n) is 3.27. The predicted molar refractivity (Wildman–Crippen MR) is 60.9 cm³/mol. The Balaban J connectivity index is 2.20. The monoisotopic (exact) mass is 222 g/mol. The number of benzene rings is 1. The van der Waals surface area contributed by atoms with Gasteiger partial charge in [-0.25, -0.2) is 0 Å². The Hall–Kier alpha value is -1.48. The summed E-state index contributed by atoms with van der Waals surface area (Å²) < 4.78 is 0. The molecule has 1 heterocycles. The number of aromatic amines is 1. The molecule has 0 atom stereocenters. The first-order valence-electron chi connectivity index (χ1n) is 4.69. The summed E-state index contributed by atoms with van der Waals surface area (Å²) >= 11 is 5.40. The molecule has 0 aliphatic rings. The third-order valence-electron chi connectivity index (χ3n) is 2.28. The largest absolute Gasteiger partial charge is 0.361 e. The van der Waals surface area contributed by atoms with Gasteiger partial charge in [0.15, 0.2) is 0 Å². The minimum Gasteiger partial charge on any atom is -0.361 e. The molecular weight excluding hydrogens is 212 g/mol. The maximum absolute atomic E-state index is 11.0. The maximum Gasteiger partial charge on any atom is 0.235 e. The molecule has 0 aliphatic carbocycles. The quantitative estimate of drug-likeness (QED) is 0.767. The number of fused-ring (bicyclic) bond motifs is 1. The highest BCUT2D eigenvalue weighted by molar-refractivity contribution is 6.27. The first-order valence-corrected chi connectivity index (χ1v) is 5.22. The molecule has 1 aromatic heterocycles. The second kappa shape index (κ2) is 4.36. The molecular formula is C11H11ClN2O. The van der Waals surface area contributed by atoms with E-state index in [-0.39, 0.29) is 11.8 Å². The number of rotatable bonds is 3. The Morgan fingerprint density at radius 3 is 3.07 bits per heavy atom. The van der Waals surface area contributed by atoms with E-state index in [0.717, 1.165) is 16.5 Å². The van der Waals surface area contributed by atoms with E-state index in [4.69, 9.17) is 11.6 Å². The molecule has 0 unspecified atom stereocenters. The van der Waals surface area contributed by atoms with Gasteiger partial charge in [0.2, 0.25) is 5.91 Å². The molecule has 1 amide bonds. The third-order valence-corrected chi connectivity index (χ3v) is 2.53. The average Bonchev–Trinajstić information content (AvgIpc) is 2.74. The van der Waals surface area contributed by atoms with Gasteiger partial charge in [-0.1, -0.05) is 12.1 Å². The lowest BCUT2D eigenvalue weighted by molar-refractivity contribution is -0.118. The van der Waals surface area contributed by atoms with Crippen molar-refractivity contribution in [2.24, 2.45) is 0 Å². The number of alkyl halides is 1. The minimum atomic E-state index is -0.149. The lowest BCUT2D eigenvalue weighted by Gasteiger charge is -2.04. The molecule has 0 saturated carbocycles. The van der Waals surface area contributed by atoms with Crippen LogP contribution in [0.5, 0.6) is 0 Å². The van der Waals surface area contributed by atoms with Crippen LogP contribution in [0.4, 0.5) is 0 Å². The predicted octanol–water partition coefficient (Wildman–Crippen LogP) is 2.02. The molecule has 0 saturated heterocycles. The van der Waals surface area contributed by atoms with Crippen LogP contribution < -0.4 is 5.32 Å². The van der Waals surface area contributed by atoms with Crippen LogP contribution in [-0.4, -0.2) is 16.8 Å². The Kier molecular flexibility index (Phi) is 2.92. The molecule has 1 aromatic carbocycles. The van der Waals surface area contributed by atoms with Gasteiger partial charge in [0, 0.05) is 23.6 Å². The molecule has 0 fully saturated rings. The van der Waals surface area contributed by atoms with Crippen molar-refractivity contribution in [2.75, 3.05) is 5.88 Å². The third kappa shape index (κ3) is 2.13. The van der Waals surface area contributed by atoms with Gasteiger partial charge in [-0.2, -0.15) is 0 Å². The van der Waals surface area contributed by atoms with Crippen molar-refractivity contribution < 1.29 is 4.79 Å². The number of carbonyl (C=O) groups excluding carboxylic acids is 1. The molecule has 4 heteroatoms. The number of aromatic nitrogens is 1. The van der Waals surface area contributed by atoms with E-state index < -0.39 is 0 Å². The number of halogens is 1. The van der Waals surface area contributed by atoms with Crippen LogP contribution in [0.25, 0.3) is 10.9 Å². The van der Waals surface area contributed by atoms with Gasteiger partial charge in [-0.05, 0) is 17.7 Å². The Labute approximate surface area is 92.4 Å². The summed E-state index contributed by atoms with van der Waals surface area (Å²) in [7, 11) is 0. The lowest BCUT2D eigenvalue weighted by atomic mass is 10.1. The van der Waals surface area contributed by atoms with E-state index >= 15 is 0 Å². The number of carbonyl (C=O) groups is 1. The van der Waals surface area contributed by atoms with Crippen LogP contribution in [0.15, 0.2) is 30.5 Å². The first-order chi connectivity index (χ1) is 7.31. The summed E-state index contributed by atoms with van der Waals surface area (Å²) in [5, 5.41) is 3.88. The van der Waals surface area contributed by atoms with Gasteiger partial charge >= 0.3 is 0 Å². The molecule has 0 spiro atoms. The number of nitrogens with one attached hydrogen (secondary N) is 2. The normalized spacial score (nSPS) is 10.5. The molecule has 0 radical (unpaired) electrons. The van der Waals surface area contributed by atoms with Gasteiger partial charge in [-0.15, -0.1) is 11.6 Å². The Bertz CT molecular complexity index is 478. The number of amides is 1. The van der Waals surface area contributed by atoms with Crippen LogP contribution in [0.2, 0.25) is 0 Å². The highest BCUT2D eigenvalue weighted by Gasteiger charge is 2.03. The molecule has 15 heavy (non-hydrogen) atoms. The summed E-state index contributed by atoms with van der Waals surface area (Å²) in [6.07, 6.45) is 1.89. The van der Waals surface area contributed by atoms with E-state index in [2.05, 4.69) is 10.3 Å². The van der Waals surface area contributed by atoms with Crippen molar-refractivity contribution in [2.45, 2.75) is 6.54 Å². The van der Waals surface area contributed by atoms with Crippen molar-refractivity contribution in [3.8, 4) is 0 Å². The second-order valence-corrected chi connectivity index (χ2v) is 3.53. The van der Waals surface area contributed by atoms with Crippen molar-refractivity contribution in [3.63, 3.8) is 0 Å². The molecule has 0 aliphatic heterocycles. The topological polar surface area (TPSA) is 44.9 Å². The smallest absolute Gasteiger partial charge is 0.235 e. The van der Waals surface area contributed by atoms with E-state index in [1.54, 1.807) is 0 Å². The number of hydrogen-bond acceptors (Lipinski definition) is 1. The average molecular weight is 223 g/mol. The van der Waals surface area contributed by atoms with Crippen molar-refractivity contribution in [1.82, 2.24) is 10.3 Å². The molecule has 3 nitrogen and oxygen atoms in total. The summed E-state index contributed by atoms with van der Waals surface area (Å²) in [6, 6.07) is 7.95. The summed E-state index contributed by atoms with van der Waals surface area (Å²) in [6.45, 7) is 0.515. The minimum absolute atomic E-state index is 0.00309. The van der Waals surface area contributed by atoms with E-state index in [1.807, 2.05) is 30.5 Å². The van der Waals surface area contributed by atoms with E-state index in [9.17, 15) is 4.79 Å². The SMILES string of the molecule is O=C(CCl)NCc1cccc2[nH]ccc12. The van der Waals surface area contributed by atoms with Crippen LogP contribution in [-0.2, 0) is 11.3 Å². The summed E-state index contributed by atoms with van der Waals surface area (Å²) in [5.74, 6) is -0.146. The molecule has 78 valence electrons. The number of H-pyrrole nitrogens is 1. The molecule has 2 aromatic rings. The van der Waals surface area contributed by atoms with Crippen LogP contribution >= 0.6 is 11.6 Å². The van der Waals surface area contributed by atoms with E-state index in [0.29, 0.717) is 6.54 Å². The molecule has 0 bridgehead atoms. The van der Waals surface area contributed by atoms with E-state index in [1.165, 1.54) is 0 Å². The standard InChI is InChI=1S/C11H11ClN2O/c12-6-11(15)14-7-8-2-1-3-10-9(8)4-5-13-10/h1-5,13H,6-7H2,(H,14,15). The van der Waals surface area contributed by atoms with Crippen LogP contribution in [0.3, 0.4) is 0 Å². The van der Waals surface area contributed by atoms with Gasteiger partial charge in [0.1, 0.15) is 5.88 Å². The highest BCUT2D eigenvalue weighted by Crippen LogP contribution is 2.16. The zero-order chi connectivity index (χ0) is 10.7. The zero-order valence-corrected chi connectivity index (χ0v) is 8.84. The van der Waals surface area contributed by atoms with Gasteiger partial charge in [0.25, 0.3) is 0 Å². The fourth-order valence-electron chi connectivity index (χ4n) is 1.55. The number of hydrogen-bond donors (Lipinski definition) is 2.